The zero-order valence-corrected chi connectivity index (χ0v) is 15.3. The Hall–Kier alpha value is -2.12. The Bertz CT molecular complexity index is 622. The average molecular weight is 361 g/mol. The van der Waals surface area contributed by atoms with E-state index in [9.17, 15) is 9.59 Å². The molecule has 1 aromatic carbocycles. The van der Waals surface area contributed by atoms with Gasteiger partial charge in [-0.1, -0.05) is 0 Å². The second-order valence-electron chi connectivity index (χ2n) is 6.70. The average Bonchev–Trinajstić information content (AvgIpc) is 3.46. The molecule has 0 bridgehead atoms. The summed E-state index contributed by atoms with van der Waals surface area (Å²) in [6.07, 6.45) is 1.19. The van der Waals surface area contributed by atoms with Crippen molar-refractivity contribution in [3.8, 4) is 5.75 Å². The summed E-state index contributed by atoms with van der Waals surface area (Å²) in [4.78, 5) is 27.3. The van der Waals surface area contributed by atoms with Crippen LogP contribution in [0.25, 0.3) is 0 Å². The zero-order chi connectivity index (χ0) is 18.4. The summed E-state index contributed by atoms with van der Waals surface area (Å²) in [6.45, 7) is 7.11. The van der Waals surface area contributed by atoms with E-state index in [2.05, 4.69) is 15.5 Å². The van der Waals surface area contributed by atoms with E-state index in [1.807, 2.05) is 6.92 Å². The monoisotopic (exact) mass is 361 g/mol. The molecule has 26 heavy (non-hydrogen) atoms. The largest absolute Gasteiger partial charge is 0.494 e. The Morgan fingerprint density at radius 3 is 2.46 bits per heavy atom. The molecular formula is C19H27N3O4. The number of anilines is 1. The van der Waals surface area contributed by atoms with E-state index >= 15 is 0 Å². The van der Waals surface area contributed by atoms with Gasteiger partial charge in [0.2, 0.25) is 11.8 Å². The number of ether oxygens (including phenoxy) is 2. The summed E-state index contributed by atoms with van der Waals surface area (Å²) in [5, 5.41) is 5.78. The van der Waals surface area contributed by atoms with Gasteiger partial charge >= 0.3 is 0 Å². The minimum absolute atomic E-state index is 0.172. The van der Waals surface area contributed by atoms with Crippen LogP contribution in [0.4, 0.5) is 5.69 Å². The molecule has 1 aliphatic carbocycles. The lowest BCUT2D eigenvalue weighted by molar-refractivity contribution is -0.134. The van der Waals surface area contributed by atoms with Crippen molar-refractivity contribution in [3.63, 3.8) is 0 Å². The highest BCUT2D eigenvalue weighted by atomic mass is 16.5. The Labute approximate surface area is 154 Å². The van der Waals surface area contributed by atoms with Crippen molar-refractivity contribution in [1.82, 2.24) is 10.2 Å². The highest BCUT2D eigenvalue weighted by molar-refractivity contribution is 6.13. The van der Waals surface area contributed by atoms with Crippen LogP contribution in [-0.2, 0) is 14.3 Å². The van der Waals surface area contributed by atoms with Gasteiger partial charge < -0.3 is 20.1 Å². The Morgan fingerprint density at radius 2 is 1.85 bits per heavy atom. The van der Waals surface area contributed by atoms with E-state index in [1.165, 1.54) is 0 Å². The van der Waals surface area contributed by atoms with E-state index in [1.54, 1.807) is 24.3 Å². The van der Waals surface area contributed by atoms with Crippen LogP contribution in [0.15, 0.2) is 24.3 Å². The number of rotatable bonds is 8. The molecule has 0 atom stereocenters. The van der Waals surface area contributed by atoms with Crippen molar-refractivity contribution in [3.05, 3.63) is 24.3 Å². The molecule has 142 valence electrons. The summed E-state index contributed by atoms with van der Waals surface area (Å²) in [6, 6.07) is 7.19. The molecule has 0 radical (unpaired) electrons. The summed E-state index contributed by atoms with van der Waals surface area (Å²) in [5.41, 5.74) is -0.241. The molecule has 2 fully saturated rings. The van der Waals surface area contributed by atoms with Gasteiger partial charge in [0.1, 0.15) is 11.2 Å². The van der Waals surface area contributed by atoms with Gasteiger partial charge in [-0.3, -0.25) is 14.5 Å². The molecular weight excluding hydrogens is 334 g/mol. The van der Waals surface area contributed by atoms with Crippen molar-refractivity contribution >= 4 is 17.5 Å². The van der Waals surface area contributed by atoms with Crippen LogP contribution in [0, 0.1) is 5.41 Å². The van der Waals surface area contributed by atoms with E-state index < -0.39 is 5.41 Å². The van der Waals surface area contributed by atoms with Gasteiger partial charge in [0.15, 0.2) is 0 Å². The molecule has 7 nitrogen and oxygen atoms in total. The summed E-state index contributed by atoms with van der Waals surface area (Å²) >= 11 is 0. The van der Waals surface area contributed by atoms with Crippen molar-refractivity contribution in [1.29, 1.82) is 0 Å². The molecule has 1 aliphatic heterocycles. The number of carbonyl (C=O) groups is 2. The van der Waals surface area contributed by atoms with E-state index in [4.69, 9.17) is 9.47 Å². The van der Waals surface area contributed by atoms with Crippen LogP contribution < -0.4 is 15.4 Å². The van der Waals surface area contributed by atoms with Gasteiger partial charge in [0.25, 0.3) is 0 Å². The van der Waals surface area contributed by atoms with E-state index in [-0.39, 0.29) is 11.8 Å². The van der Waals surface area contributed by atoms with Crippen LogP contribution in [-0.4, -0.2) is 62.7 Å². The fourth-order valence-corrected chi connectivity index (χ4v) is 3.06. The van der Waals surface area contributed by atoms with Gasteiger partial charge in [-0.25, -0.2) is 0 Å². The first kappa shape index (κ1) is 18.7. The van der Waals surface area contributed by atoms with Crippen LogP contribution >= 0.6 is 0 Å². The van der Waals surface area contributed by atoms with Crippen molar-refractivity contribution in [2.75, 3.05) is 51.3 Å². The third kappa shape index (κ3) is 4.53. The maximum atomic E-state index is 12.6. The summed E-state index contributed by atoms with van der Waals surface area (Å²) in [7, 11) is 0. The fraction of sp³-hybridized carbons (Fsp3) is 0.579. The van der Waals surface area contributed by atoms with Crippen LogP contribution in [0.3, 0.4) is 0 Å². The highest BCUT2D eigenvalue weighted by Gasteiger charge is 2.56. The normalized spacial score (nSPS) is 18.8. The zero-order valence-electron chi connectivity index (χ0n) is 15.3. The molecule has 3 rings (SSSR count). The molecule has 0 spiro atoms. The Kier molecular flexibility index (Phi) is 6.11. The number of carbonyl (C=O) groups excluding carboxylic acids is 2. The van der Waals surface area contributed by atoms with Gasteiger partial charge in [-0.15, -0.1) is 0 Å². The molecule has 1 aromatic rings. The molecule has 0 aromatic heterocycles. The molecule has 2 aliphatic rings. The second-order valence-corrected chi connectivity index (χ2v) is 6.70. The van der Waals surface area contributed by atoms with E-state index in [0.717, 1.165) is 38.6 Å². The minimum atomic E-state index is -0.913. The number of benzene rings is 1. The SMILES string of the molecule is CCOc1ccc(NC(=O)C2(C(=O)NCCN3CCOCC3)CC2)cc1. The number of morpholine rings is 1. The Balaban J connectivity index is 1.47. The molecule has 0 unspecified atom stereocenters. The predicted molar refractivity (Wildman–Crippen MR) is 98.2 cm³/mol. The van der Waals surface area contributed by atoms with Gasteiger partial charge in [0, 0.05) is 31.9 Å². The molecule has 1 saturated carbocycles. The van der Waals surface area contributed by atoms with Crippen molar-refractivity contribution in [2.24, 2.45) is 5.41 Å². The van der Waals surface area contributed by atoms with Crippen molar-refractivity contribution in [2.45, 2.75) is 19.8 Å². The minimum Gasteiger partial charge on any atom is -0.494 e. The highest BCUT2D eigenvalue weighted by Crippen LogP contribution is 2.46. The number of hydrogen-bond donors (Lipinski definition) is 2. The van der Waals surface area contributed by atoms with Crippen LogP contribution in [0.1, 0.15) is 19.8 Å². The molecule has 2 N–H and O–H groups in total. The second kappa shape index (κ2) is 8.51. The van der Waals surface area contributed by atoms with E-state index in [0.29, 0.717) is 31.7 Å². The standard InChI is InChI=1S/C19H27N3O4/c1-2-26-16-5-3-15(4-6-16)21-18(24)19(7-8-19)17(23)20-9-10-22-11-13-25-14-12-22/h3-6H,2,7-14H2,1H3,(H,20,23)(H,21,24). The third-order valence-electron chi connectivity index (χ3n) is 4.86. The maximum Gasteiger partial charge on any atom is 0.240 e. The number of amides is 2. The fourth-order valence-electron chi connectivity index (χ4n) is 3.06. The summed E-state index contributed by atoms with van der Waals surface area (Å²) < 4.78 is 10.7. The Morgan fingerprint density at radius 1 is 1.15 bits per heavy atom. The number of hydrogen-bond acceptors (Lipinski definition) is 5. The van der Waals surface area contributed by atoms with Gasteiger partial charge in [0.05, 0.1) is 19.8 Å². The van der Waals surface area contributed by atoms with Gasteiger partial charge in [-0.05, 0) is 44.0 Å². The molecule has 1 heterocycles. The van der Waals surface area contributed by atoms with Crippen molar-refractivity contribution < 1.29 is 19.1 Å². The first-order chi connectivity index (χ1) is 12.6. The number of nitrogens with one attached hydrogen (secondary N) is 2. The van der Waals surface area contributed by atoms with Gasteiger partial charge in [-0.2, -0.15) is 0 Å². The lowest BCUT2D eigenvalue weighted by Crippen LogP contribution is -2.45. The molecule has 1 saturated heterocycles. The predicted octanol–water partition coefficient (Wildman–Crippen LogP) is 1.25. The molecule has 7 heteroatoms. The summed E-state index contributed by atoms with van der Waals surface area (Å²) in [5.74, 6) is 0.354. The maximum absolute atomic E-state index is 12.6. The van der Waals surface area contributed by atoms with Crippen LogP contribution in [0.2, 0.25) is 0 Å². The lowest BCUT2D eigenvalue weighted by atomic mass is 10.0. The smallest absolute Gasteiger partial charge is 0.240 e. The first-order valence-electron chi connectivity index (χ1n) is 9.27. The quantitative estimate of drug-likeness (QED) is 0.682. The molecule has 2 amide bonds. The number of nitrogens with zero attached hydrogens (tertiary/aromatic N) is 1. The lowest BCUT2D eigenvalue weighted by Gasteiger charge is -2.26. The third-order valence-corrected chi connectivity index (χ3v) is 4.86. The topological polar surface area (TPSA) is 79.9 Å². The first-order valence-corrected chi connectivity index (χ1v) is 9.27. The van der Waals surface area contributed by atoms with Crippen LogP contribution in [0.5, 0.6) is 5.75 Å².